The van der Waals surface area contributed by atoms with E-state index < -0.39 is 0 Å². The number of ether oxygens (including phenoxy) is 1. The minimum Gasteiger partial charge on any atom is -0.457 e. The number of carbonyl (C=O) groups is 1. The van der Waals surface area contributed by atoms with Crippen LogP contribution >= 0.6 is 11.3 Å². The number of rotatable bonds is 5. The highest BCUT2D eigenvalue weighted by molar-refractivity contribution is 7.13. The van der Waals surface area contributed by atoms with Crippen molar-refractivity contribution in [1.29, 1.82) is 0 Å². The molecule has 1 aliphatic heterocycles. The van der Waals surface area contributed by atoms with Crippen LogP contribution in [0.5, 0.6) is 11.5 Å². The van der Waals surface area contributed by atoms with E-state index in [-0.39, 0.29) is 5.91 Å². The molecule has 1 N–H and O–H groups in total. The molecule has 1 aliphatic rings. The maximum atomic E-state index is 12.6. The van der Waals surface area contributed by atoms with Gasteiger partial charge in [0.25, 0.3) is 5.91 Å². The number of hydrogen-bond donors (Lipinski definition) is 1. The van der Waals surface area contributed by atoms with Crippen molar-refractivity contribution in [2.24, 2.45) is 0 Å². The average Bonchev–Trinajstić information content (AvgIpc) is 3.34. The molecule has 3 heterocycles. The summed E-state index contributed by atoms with van der Waals surface area (Å²) >= 11 is 1.53. The first-order valence-corrected chi connectivity index (χ1v) is 9.78. The third-order valence-electron chi connectivity index (χ3n) is 4.30. The van der Waals surface area contributed by atoms with Gasteiger partial charge in [-0.15, -0.1) is 11.3 Å². The van der Waals surface area contributed by atoms with Gasteiger partial charge in [-0.1, -0.05) is 6.07 Å². The number of hydrogen-bond acceptors (Lipinski definition) is 6. The first-order valence-electron chi connectivity index (χ1n) is 8.90. The predicted octanol–water partition coefficient (Wildman–Crippen LogP) is 4.62. The Bertz CT molecular complexity index is 950. The number of amides is 1. The zero-order valence-electron chi connectivity index (χ0n) is 15.0. The van der Waals surface area contributed by atoms with E-state index >= 15 is 0 Å². The van der Waals surface area contributed by atoms with Gasteiger partial charge in [-0.05, 0) is 44.0 Å². The number of nitrogens with one attached hydrogen (secondary N) is 1. The molecule has 138 valence electrons. The molecule has 0 radical (unpaired) electrons. The molecular formula is C20H20N4O2S. The summed E-state index contributed by atoms with van der Waals surface area (Å²) in [5.74, 6) is 1.99. The molecule has 4 rings (SSSR count). The molecule has 6 nitrogen and oxygen atoms in total. The fourth-order valence-electron chi connectivity index (χ4n) is 3.00. The van der Waals surface area contributed by atoms with Crippen molar-refractivity contribution in [2.75, 3.05) is 18.4 Å². The number of nitrogens with zero attached hydrogens (tertiary/aromatic N) is 3. The number of anilines is 2. The van der Waals surface area contributed by atoms with E-state index in [1.807, 2.05) is 41.5 Å². The molecule has 1 fully saturated rings. The molecule has 0 spiro atoms. The summed E-state index contributed by atoms with van der Waals surface area (Å²) in [5.41, 5.74) is 1.62. The van der Waals surface area contributed by atoms with Gasteiger partial charge in [0.05, 0.1) is 5.69 Å². The molecule has 27 heavy (non-hydrogen) atoms. The molecule has 2 aromatic heterocycles. The largest absolute Gasteiger partial charge is 0.457 e. The second kappa shape index (κ2) is 7.75. The number of thiazole rings is 1. The van der Waals surface area contributed by atoms with Crippen molar-refractivity contribution in [3.05, 3.63) is 59.2 Å². The Hall–Kier alpha value is -2.93. The standard InChI is InChI=1S/C20H20N4O2S/c1-14-13-27-20(22-14)23-18-12-17(7-8-21-18)26-16-6-4-5-15(11-16)19(25)24-9-2-3-10-24/h4-8,11-13H,2-3,9-10H2,1H3,(H,21,22,23). The van der Waals surface area contributed by atoms with Crippen LogP contribution in [0.2, 0.25) is 0 Å². The number of likely N-dealkylation sites (tertiary alicyclic amines) is 1. The zero-order valence-corrected chi connectivity index (χ0v) is 15.8. The lowest BCUT2D eigenvalue weighted by atomic mass is 10.2. The second-order valence-corrected chi connectivity index (χ2v) is 7.28. The quantitative estimate of drug-likeness (QED) is 0.700. The number of benzene rings is 1. The van der Waals surface area contributed by atoms with Crippen molar-refractivity contribution in [3.8, 4) is 11.5 Å². The van der Waals surface area contributed by atoms with Gasteiger partial charge in [-0.2, -0.15) is 0 Å². The summed E-state index contributed by atoms with van der Waals surface area (Å²) < 4.78 is 5.95. The highest BCUT2D eigenvalue weighted by atomic mass is 32.1. The van der Waals surface area contributed by atoms with Gasteiger partial charge >= 0.3 is 0 Å². The van der Waals surface area contributed by atoms with Crippen LogP contribution < -0.4 is 10.1 Å². The second-order valence-electron chi connectivity index (χ2n) is 6.43. The number of pyridine rings is 1. The van der Waals surface area contributed by atoms with Crippen molar-refractivity contribution in [1.82, 2.24) is 14.9 Å². The molecule has 0 bridgehead atoms. The third-order valence-corrected chi connectivity index (χ3v) is 5.17. The monoisotopic (exact) mass is 380 g/mol. The highest BCUT2D eigenvalue weighted by Gasteiger charge is 2.19. The first kappa shape index (κ1) is 17.5. The molecule has 0 unspecified atom stereocenters. The molecule has 3 aromatic rings. The molecule has 0 aliphatic carbocycles. The van der Waals surface area contributed by atoms with Crippen molar-refractivity contribution >= 4 is 28.2 Å². The smallest absolute Gasteiger partial charge is 0.253 e. The number of aromatic nitrogens is 2. The van der Waals surface area contributed by atoms with Crippen LogP contribution in [-0.2, 0) is 0 Å². The van der Waals surface area contributed by atoms with Crippen LogP contribution in [0, 0.1) is 6.92 Å². The summed E-state index contributed by atoms with van der Waals surface area (Å²) in [6.45, 7) is 3.62. The predicted molar refractivity (Wildman–Crippen MR) is 106 cm³/mol. The SMILES string of the molecule is Cc1csc(Nc2cc(Oc3cccc(C(=O)N4CCCC4)c3)ccn2)n1. The van der Waals surface area contributed by atoms with E-state index in [0.29, 0.717) is 22.9 Å². The molecular weight excluding hydrogens is 360 g/mol. The van der Waals surface area contributed by atoms with Crippen LogP contribution in [0.1, 0.15) is 28.9 Å². The highest BCUT2D eigenvalue weighted by Crippen LogP contribution is 2.26. The third kappa shape index (κ3) is 4.25. The van der Waals surface area contributed by atoms with E-state index in [2.05, 4.69) is 15.3 Å². The fourth-order valence-corrected chi connectivity index (χ4v) is 3.69. The lowest BCUT2D eigenvalue weighted by molar-refractivity contribution is 0.0792. The van der Waals surface area contributed by atoms with Crippen LogP contribution in [-0.4, -0.2) is 33.9 Å². The Labute approximate surface area is 161 Å². The molecule has 1 aromatic carbocycles. The van der Waals surface area contributed by atoms with Gasteiger partial charge < -0.3 is 15.0 Å². The Morgan fingerprint density at radius 2 is 2.00 bits per heavy atom. The van der Waals surface area contributed by atoms with Gasteiger partial charge in [-0.3, -0.25) is 4.79 Å². The van der Waals surface area contributed by atoms with Gasteiger partial charge in [0, 0.05) is 36.3 Å². The van der Waals surface area contributed by atoms with E-state index in [0.717, 1.165) is 36.8 Å². The lowest BCUT2D eigenvalue weighted by Gasteiger charge is -2.15. The number of carbonyl (C=O) groups excluding carboxylic acids is 1. The average molecular weight is 380 g/mol. The maximum Gasteiger partial charge on any atom is 0.253 e. The summed E-state index contributed by atoms with van der Waals surface area (Å²) in [6, 6.07) is 10.9. The fraction of sp³-hybridized carbons (Fsp3) is 0.250. The summed E-state index contributed by atoms with van der Waals surface area (Å²) in [7, 11) is 0. The maximum absolute atomic E-state index is 12.6. The van der Waals surface area contributed by atoms with Crippen LogP contribution in [0.4, 0.5) is 10.9 Å². The summed E-state index contributed by atoms with van der Waals surface area (Å²) in [6.07, 6.45) is 3.83. The Balaban J connectivity index is 1.48. The van der Waals surface area contributed by atoms with E-state index in [9.17, 15) is 4.79 Å². The Morgan fingerprint density at radius 1 is 1.19 bits per heavy atom. The Morgan fingerprint density at radius 3 is 2.78 bits per heavy atom. The van der Waals surface area contributed by atoms with E-state index in [1.165, 1.54) is 11.3 Å². The van der Waals surface area contributed by atoms with Gasteiger partial charge in [0.15, 0.2) is 5.13 Å². The minimum absolute atomic E-state index is 0.0640. The lowest BCUT2D eigenvalue weighted by Crippen LogP contribution is -2.27. The Kier molecular flexibility index (Phi) is 5.02. The van der Waals surface area contributed by atoms with Gasteiger partial charge in [-0.25, -0.2) is 9.97 Å². The topological polar surface area (TPSA) is 67.3 Å². The summed E-state index contributed by atoms with van der Waals surface area (Å²) in [5, 5.41) is 5.94. The summed E-state index contributed by atoms with van der Waals surface area (Å²) in [4.78, 5) is 23.1. The van der Waals surface area contributed by atoms with Crippen LogP contribution in [0.25, 0.3) is 0 Å². The van der Waals surface area contributed by atoms with Gasteiger partial charge in [0.1, 0.15) is 17.3 Å². The zero-order chi connectivity index (χ0) is 18.6. The normalized spacial score (nSPS) is 13.6. The van der Waals surface area contributed by atoms with Crippen LogP contribution in [0.3, 0.4) is 0 Å². The molecule has 1 saturated heterocycles. The van der Waals surface area contributed by atoms with Crippen molar-refractivity contribution in [2.45, 2.75) is 19.8 Å². The van der Waals surface area contributed by atoms with E-state index in [4.69, 9.17) is 4.74 Å². The first-order chi connectivity index (χ1) is 13.2. The molecule has 0 atom stereocenters. The van der Waals surface area contributed by atoms with Crippen molar-refractivity contribution < 1.29 is 9.53 Å². The molecule has 7 heteroatoms. The van der Waals surface area contributed by atoms with E-state index in [1.54, 1.807) is 18.3 Å². The van der Waals surface area contributed by atoms with Crippen molar-refractivity contribution in [3.63, 3.8) is 0 Å². The molecule has 1 amide bonds. The van der Waals surface area contributed by atoms with Gasteiger partial charge in [0.2, 0.25) is 0 Å². The minimum atomic E-state index is 0.0640. The number of aryl methyl sites for hydroxylation is 1. The van der Waals surface area contributed by atoms with Crippen LogP contribution in [0.15, 0.2) is 48.0 Å². The molecule has 0 saturated carbocycles.